The van der Waals surface area contributed by atoms with E-state index in [2.05, 4.69) is 10.1 Å². The molecule has 5 rings (SSSR count). The van der Waals surface area contributed by atoms with Crippen molar-refractivity contribution in [3.05, 3.63) is 114 Å². The van der Waals surface area contributed by atoms with Crippen molar-refractivity contribution in [2.75, 3.05) is 0 Å². The van der Waals surface area contributed by atoms with Crippen molar-refractivity contribution in [3.8, 4) is 28.5 Å². The minimum Gasteiger partial charge on any atom is -0.487 e. The van der Waals surface area contributed by atoms with Crippen molar-refractivity contribution < 1.29 is 14.3 Å². The van der Waals surface area contributed by atoms with Gasteiger partial charge in [0.25, 0.3) is 0 Å². The summed E-state index contributed by atoms with van der Waals surface area (Å²) in [4.78, 5) is 4.59. The van der Waals surface area contributed by atoms with Crippen LogP contribution in [-0.4, -0.2) is 19.9 Å². The van der Waals surface area contributed by atoms with Crippen molar-refractivity contribution in [3.63, 3.8) is 0 Å². The fourth-order valence-electron chi connectivity index (χ4n) is 3.79. The highest BCUT2D eigenvalue weighted by Gasteiger charge is 2.13. The quantitative estimate of drug-likeness (QED) is 0.331. The normalized spacial score (nSPS) is 11.0. The van der Waals surface area contributed by atoms with Gasteiger partial charge in [-0.2, -0.15) is 5.10 Å². The van der Waals surface area contributed by atoms with Crippen LogP contribution in [0, 0.1) is 6.92 Å². The predicted molar refractivity (Wildman–Crippen MR) is 130 cm³/mol. The zero-order chi connectivity index (χ0) is 23.3. The van der Waals surface area contributed by atoms with Gasteiger partial charge in [-0.15, -0.1) is 0 Å². The van der Waals surface area contributed by atoms with Crippen molar-refractivity contribution in [1.29, 1.82) is 0 Å². The van der Waals surface area contributed by atoms with Gasteiger partial charge in [0, 0.05) is 22.9 Å². The van der Waals surface area contributed by atoms with Gasteiger partial charge in [-0.25, -0.2) is 4.98 Å². The van der Waals surface area contributed by atoms with Crippen molar-refractivity contribution in [2.24, 2.45) is 0 Å². The molecule has 5 aromatic rings. The summed E-state index contributed by atoms with van der Waals surface area (Å²) in [6.45, 7) is 2.78. The van der Waals surface area contributed by atoms with Crippen molar-refractivity contribution in [1.82, 2.24) is 14.8 Å². The molecule has 0 atom stereocenters. The van der Waals surface area contributed by atoms with Gasteiger partial charge < -0.3 is 14.3 Å². The van der Waals surface area contributed by atoms with Crippen LogP contribution < -0.4 is 4.74 Å². The minimum absolute atomic E-state index is 0.0511. The highest BCUT2D eigenvalue weighted by molar-refractivity contribution is 5.62. The SMILES string of the molecule is Cc1oc(-c2ccccc2)nc1COc1ccc(Cn2cc(CO)c(-c3ccccc3)n2)cc1. The Labute approximate surface area is 198 Å². The van der Waals surface area contributed by atoms with Gasteiger partial charge in [-0.05, 0) is 36.8 Å². The molecule has 0 saturated carbocycles. The Hall–Kier alpha value is -4.16. The van der Waals surface area contributed by atoms with E-state index in [1.165, 1.54) is 0 Å². The Balaban J connectivity index is 1.24. The summed E-state index contributed by atoms with van der Waals surface area (Å²) < 4.78 is 13.6. The molecule has 0 aliphatic carbocycles. The smallest absolute Gasteiger partial charge is 0.226 e. The molecule has 34 heavy (non-hydrogen) atoms. The molecule has 2 aromatic heterocycles. The van der Waals surface area contributed by atoms with Gasteiger partial charge in [-0.3, -0.25) is 4.68 Å². The molecule has 0 amide bonds. The summed E-state index contributed by atoms with van der Waals surface area (Å²) in [6.07, 6.45) is 1.89. The number of aryl methyl sites for hydroxylation is 1. The first-order valence-corrected chi connectivity index (χ1v) is 11.2. The lowest BCUT2D eigenvalue weighted by atomic mass is 10.1. The highest BCUT2D eigenvalue weighted by atomic mass is 16.5. The van der Waals surface area contributed by atoms with Gasteiger partial charge in [0.15, 0.2) is 0 Å². The van der Waals surface area contributed by atoms with Gasteiger partial charge >= 0.3 is 0 Å². The van der Waals surface area contributed by atoms with E-state index in [-0.39, 0.29) is 6.61 Å². The van der Waals surface area contributed by atoms with Gasteiger partial charge in [0.1, 0.15) is 23.8 Å². The van der Waals surface area contributed by atoms with Crippen LogP contribution in [0.25, 0.3) is 22.7 Å². The molecular weight excluding hydrogens is 426 g/mol. The van der Waals surface area contributed by atoms with Crippen LogP contribution >= 0.6 is 0 Å². The highest BCUT2D eigenvalue weighted by Crippen LogP contribution is 2.24. The Morgan fingerprint density at radius 2 is 1.56 bits per heavy atom. The predicted octanol–water partition coefficient (Wildman–Crippen LogP) is 5.63. The summed E-state index contributed by atoms with van der Waals surface area (Å²) in [5, 5.41) is 14.4. The van der Waals surface area contributed by atoms with Gasteiger partial charge in [-0.1, -0.05) is 60.7 Å². The Kier molecular flexibility index (Phi) is 6.23. The average Bonchev–Trinajstić information content (AvgIpc) is 3.47. The third-order valence-electron chi connectivity index (χ3n) is 5.61. The molecule has 0 radical (unpaired) electrons. The summed E-state index contributed by atoms with van der Waals surface area (Å²) in [5.74, 6) is 2.11. The van der Waals surface area contributed by atoms with E-state index in [0.717, 1.165) is 45.2 Å². The summed E-state index contributed by atoms with van der Waals surface area (Å²) in [7, 11) is 0. The molecule has 0 aliphatic rings. The van der Waals surface area contributed by atoms with E-state index in [1.807, 2.05) is 103 Å². The number of aliphatic hydroxyl groups is 1. The van der Waals surface area contributed by atoms with Crippen LogP contribution in [0.15, 0.2) is 95.5 Å². The van der Waals surface area contributed by atoms with E-state index in [9.17, 15) is 5.11 Å². The maximum atomic E-state index is 9.75. The van der Waals surface area contributed by atoms with Crippen LogP contribution in [0.2, 0.25) is 0 Å². The fourth-order valence-corrected chi connectivity index (χ4v) is 3.79. The molecule has 0 bridgehead atoms. The van der Waals surface area contributed by atoms with Crippen LogP contribution in [0.3, 0.4) is 0 Å². The number of hydrogen-bond acceptors (Lipinski definition) is 5. The first kappa shape index (κ1) is 21.7. The minimum atomic E-state index is -0.0511. The summed E-state index contributed by atoms with van der Waals surface area (Å²) in [6, 6.07) is 27.7. The summed E-state index contributed by atoms with van der Waals surface area (Å²) in [5.41, 5.74) is 5.42. The monoisotopic (exact) mass is 451 g/mol. The molecule has 0 fully saturated rings. The van der Waals surface area contributed by atoms with Crippen LogP contribution in [-0.2, 0) is 19.8 Å². The summed E-state index contributed by atoms with van der Waals surface area (Å²) >= 11 is 0. The average molecular weight is 452 g/mol. The number of benzene rings is 3. The molecule has 6 nitrogen and oxygen atoms in total. The molecule has 6 heteroatoms. The van der Waals surface area contributed by atoms with Crippen LogP contribution in [0.1, 0.15) is 22.6 Å². The first-order valence-electron chi connectivity index (χ1n) is 11.2. The number of aliphatic hydroxyl groups excluding tert-OH is 1. The third kappa shape index (κ3) is 4.77. The van der Waals surface area contributed by atoms with E-state index in [4.69, 9.17) is 9.15 Å². The number of aromatic nitrogens is 3. The lowest BCUT2D eigenvalue weighted by Gasteiger charge is -2.07. The Bertz CT molecular complexity index is 1360. The molecule has 2 heterocycles. The zero-order valence-electron chi connectivity index (χ0n) is 18.9. The maximum Gasteiger partial charge on any atom is 0.226 e. The second-order valence-electron chi connectivity index (χ2n) is 8.05. The molecule has 0 spiro atoms. The Morgan fingerprint density at radius 3 is 2.24 bits per heavy atom. The first-order chi connectivity index (χ1) is 16.7. The van der Waals surface area contributed by atoms with E-state index in [0.29, 0.717) is 19.0 Å². The number of hydrogen-bond donors (Lipinski definition) is 1. The maximum absolute atomic E-state index is 9.75. The van der Waals surface area contributed by atoms with E-state index < -0.39 is 0 Å². The third-order valence-corrected chi connectivity index (χ3v) is 5.61. The van der Waals surface area contributed by atoms with E-state index in [1.54, 1.807) is 0 Å². The Morgan fingerprint density at radius 1 is 0.882 bits per heavy atom. The topological polar surface area (TPSA) is 73.3 Å². The van der Waals surface area contributed by atoms with Crippen LogP contribution in [0.5, 0.6) is 5.75 Å². The molecule has 0 saturated heterocycles. The molecule has 1 N–H and O–H groups in total. The second-order valence-corrected chi connectivity index (χ2v) is 8.05. The van der Waals surface area contributed by atoms with Gasteiger partial charge in [0.2, 0.25) is 5.89 Å². The number of rotatable bonds is 8. The van der Waals surface area contributed by atoms with E-state index >= 15 is 0 Å². The van der Waals surface area contributed by atoms with Crippen LogP contribution in [0.4, 0.5) is 0 Å². The van der Waals surface area contributed by atoms with Crippen molar-refractivity contribution in [2.45, 2.75) is 26.7 Å². The lowest BCUT2D eigenvalue weighted by Crippen LogP contribution is -2.01. The molecular formula is C28H25N3O3. The fraction of sp³-hybridized carbons (Fsp3) is 0.143. The number of oxazole rings is 1. The number of ether oxygens (including phenoxy) is 1. The zero-order valence-corrected chi connectivity index (χ0v) is 18.9. The molecule has 3 aromatic carbocycles. The standard InChI is InChI=1S/C28H25N3O3/c1-20-26(29-28(34-20)23-10-6-3-7-11-23)19-33-25-14-12-21(13-15-25)16-31-17-24(18-32)27(30-31)22-8-4-2-5-9-22/h2-15,17,32H,16,18-19H2,1H3. The van der Waals surface area contributed by atoms with Crippen molar-refractivity contribution >= 4 is 0 Å². The van der Waals surface area contributed by atoms with Gasteiger partial charge in [0.05, 0.1) is 18.8 Å². The number of nitrogens with zero attached hydrogens (tertiary/aromatic N) is 3. The molecule has 0 unspecified atom stereocenters. The molecule has 170 valence electrons. The largest absolute Gasteiger partial charge is 0.487 e. The lowest BCUT2D eigenvalue weighted by molar-refractivity contribution is 0.282. The second kappa shape index (κ2) is 9.77. The molecule has 0 aliphatic heterocycles.